The molecule has 0 aliphatic heterocycles. The third-order valence-corrected chi connectivity index (χ3v) is 5.50. The summed E-state index contributed by atoms with van der Waals surface area (Å²) in [6, 6.07) is 18.0. The minimum atomic E-state index is -0.487. The zero-order valence-corrected chi connectivity index (χ0v) is 18.5. The van der Waals surface area contributed by atoms with Crippen molar-refractivity contribution >= 4 is 28.1 Å². The molecule has 0 saturated carbocycles. The van der Waals surface area contributed by atoms with E-state index in [1.54, 1.807) is 26.1 Å². The van der Waals surface area contributed by atoms with Gasteiger partial charge >= 0.3 is 5.69 Å². The lowest BCUT2D eigenvalue weighted by molar-refractivity contribution is 0.653. The van der Waals surface area contributed by atoms with E-state index in [2.05, 4.69) is 5.32 Å². The van der Waals surface area contributed by atoms with E-state index in [9.17, 15) is 14.4 Å². The third kappa shape index (κ3) is 3.49. The van der Waals surface area contributed by atoms with Crippen molar-refractivity contribution in [3.63, 3.8) is 0 Å². The van der Waals surface area contributed by atoms with E-state index in [1.165, 1.54) is 19.8 Å². The maximum atomic E-state index is 13.4. The topological polar surface area (TPSA) is 81.3 Å². The fourth-order valence-electron chi connectivity index (χ4n) is 3.78. The number of fused-ring (bicyclic) bond motifs is 1. The van der Waals surface area contributed by atoms with Crippen molar-refractivity contribution in [2.24, 2.45) is 7.05 Å². The number of rotatable bonds is 5. The first-order valence-corrected chi connectivity index (χ1v) is 10.3. The van der Waals surface area contributed by atoms with Crippen LogP contribution in [0.5, 0.6) is 0 Å². The van der Waals surface area contributed by atoms with Crippen molar-refractivity contribution in [1.29, 1.82) is 0 Å². The molecule has 4 rings (SSSR count). The smallest absolute Gasteiger partial charge is 0.337 e. The molecular formula is C24H25N5O3. The Bertz CT molecular complexity index is 1460. The van der Waals surface area contributed by atoms with E-state index >= 15 is 0 Å². The lowest BCUT2D eigenvalue weighted by atomic mass is 10.2. The van der Waals surface area contributed by atoms with Crippen LogP contribution in [0.15, 0.2) is 75.0 Å². The zero-order valence-electron chi connectivity index (χ0n) is 18.5. The molecule has 0 aliphatic rings. The van der Waals surface area contributed by atoms with Gasteiger partial charge < -0.3 is 10.2 Å². The van der Waals surface area contributed by atoms with Gasteiger partial charge in [0.15, 0.2) is 0 Å². The highest BCUT2D eigenvalue weighted by molar-refractivity contribution is 5.91. The number of benzene rings is 2. The first-order valence-electron chi connectivity index (χ1n) is 10.3. The van der Waals surface area contributed by atoms with Crippen molar-refractivity contribution in [3.05, 3.63) is 91.9 Å². The molecule has 0 atom stereocenters. The Morgan fingerprint density at radius 1 is 0.938 bits per heavy atom. The normalized spacial score (nSPS) is 11.0. The first-order chi connectivity index (χ1) is 15.3. The van der Waals surface area contributed by atoms with Crippen LogP contribution >= 0.6 is 0 Å². The minimum Gasteiger partial charge on any atom is -0.378 e. The molecule has 8 nitrogen and oxygen atoms in total. The van der Waals surface area contributed by atoms with Gasteiger partial charge in [-0.15, -0.1) is 0 Å². The van der Waals surface area contributed by atoms with Crippen LogP contribution in [0.4, 0.5) is 17.1 Å². The maximum absolute atomic E-state index is 13.4. The van der Waals surface area contributed by atoms with Crippen molar-refractivity contribution < 1.29 is 0 Å². The summed E-state index contributed by atoms with van der Waals surface area (Å²) in [4.78, 5) is 41.4. The summed E-state index contributed by atoms with van der Waals surface area (Å²) < 4.78 is 3.94. The maximum Gasteiger partial charge on any atom is 0.337 e. The molecule has 32 heavy (non-hydrogen) atoms. The number of aromatic nitrogens is 3. The highest BCUT2D eigenvalue weighted by Gasteiger charge is 2.20. The van der Waals surface area contributed by atoms with Gasteiger partial charge in [0.1, 0.15) is 11.0 Å². The van der Waals surface area contributed by atoms with Crippen LogP contribution in [0, 0.1) is 0 Å². The lowest BCUT2D eigenvalue weighted by Gasteiger charge is -2.18. The van der Waals surface area contributed by atoms with Gasteiger partial charge in [0.05, 0.1) is 11.4 Å². The molecule has 0 radical (unpaired) electrons. The van der Waals surface area contributed by atoms with Crippen molar-refractivity contribution in [2.75, 3.05) is 24.3 Å². The summed E-state index contributed by atoms with van der Waals surface area (Å²) >= 11 is 0. The van der Waals surface area contributed by atoms with Crippen LogP contribution < -0.4 is 27.0 Å². The first kappa shape index (κ1) is 21.2. The van der Waals surface area contributed by atoms with E-state index in [0.717, 1.165) is 11.4 Å². The lowest BCUT2D eigenvalue weighted by Crippen LogP contribution is -2.41. The van der Waals surface area contributed by atoms with E-state index in [0.29, 0.717) is 11.4 Å². The molecule has 0 saturated heterocycles. The standard InChI is InChI=1S/C24H25N5O3/c1-5-28-23(31)21-19(25-16-11-13-17(14-12-16)26(2)3)15-20(30)27(4)22(21)29(24(28)32)18-9-7-6-8-10-18/h6-15,25H,5H2,1-4H3. The Labute approximate surface area is 184 Å². The van der Waals surface area contributed by atoms with Crippen LogP contribution in [-0.4, -0.2) is 27.8 Å². The second kappa shape index (κ2) is 8.22. The van der Waals surface area contributed by atoms with Gasteiger partial charge in [0, 0.05) is 45.1 Å². The van der Waals surface area contributed by atoms with Gasteiger partial charge in [-0.3, -0.25) is 18.7 Å². The van der Waals surface area contributed by atoms with Crippen molar-refractivity contribution in [3.8, 4) is 5.69 Å². The third-order valence-electron chi connectivity index (χ3n) is 5.50. The van der Waals surface area contributed by atoms with Crippen LogP contribution in [0.25, 0.3) is 16.7 Å². The number of para-hydroxylation sites is 1. The van der Waals surface area contributed by atoms with Crippen LogP contribution in [-0.2, 0) is 13.6 Å². The summed E-state index contributed by atoms with van der Waals surface area (Å²) in [7, 11) is 5.47. The van der Waals surface area contributed by atoms with Crippen molar-refractivity contribution in [1.82, 2.24) is 13.7 Å². The number of hydrogen-bond acceptors (Lipinski definition) is 5. The Morgan fingerprint density at radius 3 is 2.19 bits per heavy atom. The largest absolute Gasteiger partial charge is 0.378 e. The monoisotopic (exact) mass is 431 g/mol. The molecule has 2 aromatic heterocycles. The van der Waals surface area contributed by atoms with E-state index < -0.39 is 11.2 Å². The Kier molecular flexibility index (Phi) is 5.44. The van der Waals surface area contributed by atoms with Gasteiger partial charge in [-0.25, -0.2) is 9.36 Å². The number of aryl methyl sites for hydroxylation is 1. The second-order valence-electron chi connectivity index (χ2n) is 7.72. The Balaban J connectivity index is 2.06. The molecule has 0 spiro atoms. The molecule has 164 valence electrons. The predicted octanol–water partition coefficient (Wildman–Crippen LogP) is 2.68. The fourth-order valence-corrected chi connectivity index (χ4v) is 3.78. The predicted molar refractivity (Wildman–Crippen MR) is 129 cm³/mol. The molecule has 0 fully saturated rings. The quantitative estimate of drug-likeness (QED) is 0.526. The summed E-state index contributed by atoms with van der Waals surface area (Å²) in [6.07, 6.45) is 0. The molecular weight excluding hydrogens is 406 g/mol. The minimum absolute atomic E-state index is 0.209. The number of pyridine rings is 1. The number of anilines is 3. The van der Waals surface area contributed by atoms with Gasteiger partial charge in [-0.2, -0.15) is 0 Å². The summed E-state index contributed by atoms with van der Waals surface area (Å²) in [5.74, 6) is 0. The average molecular weight is 431 g/mol. The van der Waals surface area contributed by atoms with Crippen LogP contribution in [0.3, 0.4) is 0 Å². The van der Waals surface area contributed by atoms with Gasteiger partial charge in [0.25, 0.3) is 11.1 Å². The number of hydrogen-bond donors (Lipinski definition) is 1. The average Bonchev–Trinajstić information content (AvgIpc) is 2.78. The van der Waals surface area contributed by atoms with Crippen molar-refractivity contribution in [2.45, 2.75) is 13.5 Å². The molecule has 1 N–H and O–H groups in total. The fraction of sp³-hybridized carbons (Fsp3) is 0.208. The van der Waals surface area contributed by atoms with Crippen LogP contribution in [0.2, 0.25) is 0 Å². The molecule has 0 bridgehead atoms. The SMILES string of the molecule is CCn1c(=O)c2c(Nc3ccc(N(C)C)cc3)cc(=O)n(C)c2n(-c2ccccc2)c1=O. The number of nitrogens with one attached hydrogen (secondary N) is 1. The molecule has 4 aromatic rings. The molecule has 2 aromatic carbocycles. The van der Waals surface area contributed by atoms with E-state index in [4.69, 9.17) is 0 Å². The Hall–Kier alpha value is -4.07. The molecule has 0 aliphatic carbocycles. The molecule has 0 unspecified atom stereocenters. The van der Waals surface area contributed by atoms with E-state index in [-0.39, 0.29) is 23.1 Å². The summed E-state index contributed by atoms with van der Waals surface area (Å²) in [5.41, 5.74) is 1.67. The summed E-state index contributed by atoms with van der Waals surface area (Å²) in [5, 5.41) is 3.48. The van der Waals surface area contributed by atoms with Gasteiger partial charge in [-0.05, 0) is 43.3 Å². The molecule has 8 heteroatoms. The summed E-state index contributed by atoms with van der Waals surface area (Å²) in [6.45, 7) is 1.96. The highest BCUT2D eigenvalue weighted by atomic mass is 16.2. The highest BCUT2D eigenvalue weighted by Crippen LogP contribution is 2.24. The van der Waals surface area contributed by atoms with Gasteiger partial charge in [-0.1, -0.05) is 18.2 Å². The van der Waals surface area contributed by atoms with E-state index in [1.807, 2.05) is 61.5 Å². The Morgan fingerprint density at radius 2 is 1.59 bits per heavy atom. The van der Waals surface area contributed by atoms with Crippen LogP contribution in [0.1, 0.15) is 6.92 Å². The van der Waals surface area contributed by atoms with Gasteiger partial charge in [0.2, 0.25) is 0 Å². The second-order valence-corrected chi connectivity index (χ2v) is 7.72. The molecule has 0 amide bonds. The number of nitrogens with zero attached hydrogens (tertiary/aromatic N) is 4. The molecule has 2 heterocycles. The zero-order chi connectivity index (χ0) is 23.0.